The van der Waals surface area contributed by atoms with Crippen LogP contribution >= 0.6 is 0 Å². The largest absolute Gasteiger partial charge is 0.320 e. The summed E-state index contributed by atoms with van der Waals surface area (Å²) in [6.45, 7) is 5.97. The molecule has 0 unspecified atom stereocenters. The van der Waals surface area contributed by atoms with Gasteiger partial charge in [-0.05, 0) is 52.6 Å². The van der Waals surface area contributed by atoms with Crippen molar-refractivity contribution in [3.05, 3.63) is 0 Å². The van der Waals surface area contributed by atoms with Gasteiger partial charge in [-0.15, -0.1) is 0 Å². The van der Waals surface area contributed by atoms with Crippen molar-refractivity contribution in [2.75, 3.05) is 33.7 Å². The first kappa shape index (κ1) is 15.9. The monoisotopic (exact) mass is 277 g/mol. The van der Waals surface area contributed by atoms with Gasteiger partial charge in [0.15, 0.2) is 0 Å². The van der Waals surface area contributed by atoms with Crippen molar-refractivity contribution in [3.8, 4) is 0 Å². The predicted molar refractivity (Wildman–Crippen MR) is 74.7 cm³/mol. The molecule has 0 aromatic carbocycles. The molecule has 1 aliphatic rings. The van der Waals surface area contributed by atoms with Crippen LogP contribution in [0.3, 0.4) is 0 Å². The highest BCUT2D eigenvalue weighted by Gasteiger charge is 2.34. The number of hydrogen-bond acceptors (Lipinski definition) is 3. The Hall–Kier alpha value is -0.170. The van der Waals surface area contributed by atoms with Crippen molar-refractivity contribution >= 4 is 10.2 Å². The smallest absolute Gasteiger partial charge is 0.281 e. The lowest BCUT2D eigenvalue weighted by Crippen LogP contribution is -2.46. The van der Waals surface area contributed by atoms with Gasteiger partial charge in [0.1, 0.15) is 0 Å². The third-order valence-corrected chi connectivity index (χ3v) is 5.43. The second-order valence-electron chi connectivity index (χ2n) is 5.39. The molecule has 0 saturated heterocycles. The fraction of sp³-hybridized carbons (Fsp3) is 1.00. The zero-order valence-corrected chi connectivity index (χ0v) is 12.8. The molecule has 0 heterocycles. The Kier molecular flexibility index (Phi) is 6.04. The highest BCUT2D eigenvalue weighted by molar-refractivity contribution is 7.86. The van der Waals surface area contributed by atoms with Crippen LogP contribution in [0.5, 0.6) is 0 Å². The van der Waals surface area contributed by atoms with E-state index in [1.807, 2.05) is 20.9 Å². The van der Waals surface area contributed by atoms with Gasteiger partial charge in [0.05, 0.1) is 0 Å². The van der Waals surface area contributed by atoms with Crippen molar-refractivity contribution in [1.82, 2.24) is 13.9 Å². The van der Waals surface area contributed by atoms with Gasteiger partial charge < -0.3 is 5.32 Å². The van der Waals surface area contributed by atoms with E-state index in [1.165, 1.54) is 17.1 Å². The van der Waals surface area contributed by atoms with E-state index >= 15 is 0 Å². The second kappa shape index (κ2) is 6.84. The molecular weight excluding hydrogens is 250 g/mol. The molecule has 18 heavy (non-hydrogen) atoms. The minimum absolute atomic E-state index is 0.0300. The van der Waals surface area contributed by atoms with Gasteiger partial charge in [-0.3, -0.25) is 0 Å². The van der Waals surface area contributed by atoms with Crippen LogP contribution in [0.2, 0.25) is 0 Å². The topological polar surface area (TPSA) is 52.7 Å². The fourth-order valence-corrected chi connectivity index (χ4v) is 3.55. The van der Waals surface area contributed by atoms with Crippen LogP contribution in [0.15, 0.2) is 0 Å². The highest BCUT2D eigenvalue weighted by Crippen LogP contribution is 2.31. The van der Waals surface area contributed by atoms with E-state index in [1.54, 1.807) is 11.4 Å². The normalized spacial score (nSPS) is 17.1. The average Bonchev–Trinajstić information content (AvgIpc) is 3.09. The summed E-state index contributed by atoms with van der Waals surface area (Å²) >= 11 is 0. The molecule has 5 nitrogen and oxygen atoms in total. The zero-order valence-electron chi connectivity index (χ0n) is 12.0. The summed E-state index contributed by atoms with van der Waals surface area (Å²) in [6, 6.07) is 0.0300. The number of hydrogen-bond donors (Lipinski definition) is 1. The van der Waals surface area contributed by atoms with Gasteiger partial charge in [0.2, 0.25) is 0 Å². The van der Waals surface area contributed by atoms with Crippen LogP contribution in [0.4, 0.5) is 0 Å². The highest BCUT2D eigenvalue weighted by atomic mass is 32.2. The third kappa shape index (κ3) is 4.50. The van der Waals surface area contributed by atoms with Gasteiger partial charge in [0, 0.05) is 26.2 Å². The molecule has 0 aliphatic heterocycles. The van der Waals surface area contributed by atoms with Gasteiger partial charge in [-0.2, -0.15) is 17.0 Å². The van der Waals surface area contributed by atoms with Crippen molar-refractivity contribution < 1.29 is 8.42 Å². The van der Waals surface area contributed by atoms with E-state index in [9.17, 15) is 8.42 Å². The van der Waals surface area contributed by atoms with Gasteiger partial charge in [-0.25, -0.2) is 0 Å². The molecule has 6 heteroatoms. The molecule has 108 valence electrons. The Labute approximate surface area is 112 Å². The quantitative estimate of drug-likeness (QED) is 0.637. The molecule has 0 aromatic rings. The lowest BCUT2D eigenvalue weighted by molar-refractivity contribution is 0.307. The molecule has 1 N–H and O–H groups in total. The predicted octanol–water partition coefficient (Wildman–Crippen LogP) is 0.893. The molecule has 1 fully saturated rings. The first-order chi connectivity index (χ1) is 8.39. The Balaban J connectivity index is 2.61. The summed E-state index contributed by atoms with van der Waals surface area (Å²) in [5.41, 5.74) is 0. The molecule has 0 spiro atoms. The average molecular weight is 277 g/mol. The molecule has 0 atom stereocenters. The number of nitrogens with one attached hydrogen (secondary N) is 1. The van der Waals surface area contributed by atoms with E-state index in [2.05, 4.69) is 5.32 Å². The standard InChI is InChI=1S/C12H27N3O2S/c1-11(2)15(10-12-6-7-12)18(16,17)14(4)9-5-8-13-3/h11-13H,5-10H2,1-4H3. The van der Waals surface area contributed by atoms with Crippen LogP contribution in [-0.2, 0) is 10.2 Å². The first-order valence-electron chi connectivity index (χ1n) is 6.77. The number of nitrogens with zero attached hydrogens (tertiary/aromatic N) is 2. The van der Waals surface area contributed by atoms with Crippen LogP contribution < -0.4 is 5.32 Å². The summed E-state index contributed by atoms with van der Waals surface area (Å²) in [4.78, 5) is 0. The fourth-order valence-electron chi connectivity index (χ4n) is 1.90. The Morgan fingerprint density at radius 2 is 1.94 bits per heavy atom. The van der Waals surface area contributed by atoms with E-state index < -0.39 is 10.2 Å². The van der Waals surface area contributed by atoms with Crippen molar-refractivity contribution in [2.45, 2.75) is 39.2 Å². The SMILES string of the molecule is CNCCCN(C)S(=O)(=O)N(CC1CC1)C(C)C. The van der Waals surface area contributed by atoms with E-state index in [-0.39, 0.29) is 6.04 Å². The summed E-state index contributed by atoms with van der Waals surface area (Å²) in [6.07, 6.45) is 3.17. The Morgan fingerprint density at radius 1 is 1.33 bits per heavy atom. The molecule has 0 aromatic heterocycles. The summed E-state index contributed by atoms with van der Waals surface area (Å²) < 4.78 is 28.0. The molecule has 0 bridgehead atoms. The molecule has 1 aliphatic carbocycles. The molecule has 0 radical (unpaired) electrons. The van der Waals surface area contributed by atoms with E-state index in [0.29, 0.717) is 19.0 Å². The molecule has 1 saturated carbocycles. The summed E-state index contributed by atoms with van der Waals surface area (Å²) in [5.74, 6) is 0.577. The molecule has 0 amide bonds. The summed E-state index contributed by atoms with van der Waals surface area (Å²) in [5, 5.41) is 3.03. The lowest BCUT2D eigenvalue weighted by Gasteiger charge is -2.30. The summed E-state index contributed by atoms with van der Waals surface area (Å²) in [7, 11) is 0.254. The molecule has 1 rings (SSSR count). The maximum absolute atomic E-state index is 12.5. The van der Waals surface area contributed by atoms with Gasteiger partial charge >= 0.3 is 0 Å². The van der Waals surface area contributed by atoms with Crippen molar-refractivity contribution in [2.24, 2.45) is 5.92 Å². The second-order valence-corrected chi connectivity index (χ2v) is 7.38. The third-order valence-electron chi connectivity index (χ3n) is 3.30. The van der Waals surface area contributed by atoms with Gasteiger partial charge in [0.25, 0.3) is 10.2 Å². The zero-order chi connectivity index (χ0) is 13.8. The molecular formula is C12H27N3O2S. The maximum Gasteiger partial charge on any atom is 0.281 e. The minimum Gasteiger partial charge on any atom is -0.320 e. The Bertz CT molecular complexity index is 339. The first-order valence-corrected chi connectivity index (χ1v) is 8.17. The number of rotatable bonds is 9. The van der Waals surface area contributed by atoms with Crippen LogP contribution in [-0.4, -0.2) is 56.8 Å². The van der Waals surface area contributed by atoms with Gasteiger partial charge in [-0.1, -0.05) is 0 Å². The van der Waals surface area contributed by atoms with Crippen LogP contribution in [0, 0.1) is 5.92 Å². The minimum atomic E-state index is -3.30. The van der Waals surface area contributed by atoms with Crippen LogP contribution in [0.1, 0.15) is 33.1 Å². The van der Waals surface area contributed by atoms with Crippen molar-refractivity contribution in [3.63, 3.8) is 0 Å². The van der Waals surface area contributed by atoms with Crippen LogP contribution in [0.25, 0.3) is 0 Å². The van der Waals surface area contributed by atoms with E-state index in [0.717, 1.165) is 13.0 Å². The van der Waals surface area contributed by atoms with Crippen molar-refractivity contribution in [1.29, 1.82) is 0 Å². The maximum atomic E-state index is 12.5. The lowest BCUT2D eigenvalue weighted by atomic mass is 10.3. The Morgan fingerprint density at radius 3 is 2.39 bits per heavy atom. The van der Waals surface area contributed by atoms with E-state index in [4.69, 9.17) is 0 Å².